The van der Waals surface area contributed by atoms with Gasteiger partial charge in [0.05, 0.1) is 0 Å². The van der Waals surface area contributed by atoms with Crippen molar-refractivity contribution in [1.82, 2.24) is 4.90 Å². The van der Waals surface area contributed by atoms with Gasteiger partial charge in [0.15, 0.2) is 0 Å². The Morgan fingerprint density at radius 2 is 1.58 bits per heavy atom. The minimum absolute atomic E-state index is 0.340. The first-order valence-electron chi connectivity index (χ1n) is 4.22. The molecule has 0 fully saturated rings. The molecule has 0 heterocycles. The van der Waals surface area contributed by atoms with Gasteiger partial charge in [-0.05, 0) is 12.8 Å². The first-order chi connectivity index (χ1) is 5.63. The van der Waals surface area contributed by atoms with E-state index in [1.165, 1.54) is 0 Å². The molecule has 0 aliphatic carbocycles. The Morgan fingerprint density at radius 1 is 1.17 bits per heavy atom. The maximum absolute atomic E-state index is 5.45. The van der Waals surface area contributed by atoms with Crippen LogP contribution in [-0.2, 0) is 0 Å². The molecular formula is C8H16N2S2. The van der Waals surface area contributed by atoms with Crippen LogP contribution in [0.5, 0.6) is 0 Å². The Hall–Kier alpha value is -0.220. The second-order valence-corrected chi connectivity index (χ2v) is 3.48. The molecule has 4 heteroatoms. The number of rotatable bonds is 4. The van der Waals surface area contributed by atoms with Crippen LogP contribution >= 0.6 is 24.4 Å². The fourth-order valence-electron chi connectivity index (χ4n) is 1.01. The van der Waals surface area contributed by atoms with Gasteiger partial charge in [-0.3, -0.25) is 0 Å². The second kappa shape index (κ2) is 6.31. The predicted octanol–water partition coefficient (Wildman–Crippen LogP) is 1.72. The zero-order valence-electron chi connectivity index (χ0n) is 7.67. The fourth-order valence-corrected chi connectivity index (χ4v) is 1.32. The third-order valence-electron chi connectivity index (χ3n) is 1.49. The van der Waals surface area contributed by atoms with Crippen LogP contribution in [0.25, 0.3) is 0 Å². The molecular weight excluding hydrogens is 188 g/mol. The average molecular weight is 204 g/mol. The minimum Gasteiger partial charge on any atom is -0.388 e. The summed E-state index contributed by atoms with van der Waals surface area (Å²) in [5.41, 5.74) is 5.45. The lowest BCUT2D eigenvalue weighted by atomic mass is 10.3. The van der Waals surface area contributed by atoms with Crippen molar-refractivity contribution in [2.24, 2.45) is 5.73 Å². The van der Waals surface area contributed by atoms with Crippen LogP contribution in [-0.4, -0.2) is 28.0 Å². The van der Waals surface area contributed by atoms with Crippen molar-refractivity contribution in [2.45, 2.75) is 26.7 Å². The topological polar surface area (TPSA) is 29.3 Å². The van der Waals surface area contributed by atoms with Crippen LogP contribution in [0.2, 0.25) is 0 Å². The monoisotopic (exact) mass is 204 g/mol. The summed E-state index contributed by atoms with van der Waals surface area (Å²) in [4.78, 5) is 3.04. The van der Waals surface area contributed by atoms with Crippen molar-refractivity contribution >= 4 is 34.4 Å². The standard InChI is InChI=1S/C8H16N2S2/c1-3-5-10(6-4-2)8(12)7(9)11/h3-6H2,1-2H3,(H2,9,11). The molecule has 0 aromatic heterocycles. The van der Waals surface area contributed by atoms with Crippen molar-refractivity contribution in [3.8, 4) is 0 Å². The quantitative estimate of drug-likeness (QED) is 0.706. The maximum Gasteiger partial charge on any atom is 0.136 e. The molecule has 70 valence electrons. The summed E-state index contributed by atoms with van der Waals surface area (Å²) in [6.07, 6.45) is 2.14. The zero-order chi connectivity index (χ0) is 9.56. The lowest BCUT2D eigenvalue weighted by molar-refractivity contribution is 0.428. The van der Waals surface area contributed by atoms with Crippen molar-refractivity contribution in [3.05, 3.63) is 0 Å². The van der Waals surface area contributed by atoms with Crippen LogP contribution in [0.1, 0.15) is 26.7 Å². The molecule has 0 saturated heterocycles. The lowest BCUT2D eigenvalue weighted by Gasteiger charge is -2.23. The normalized spacial score (nSPS) is 9.50. The van der Waals surface area contributed by atoms with Crippen molar-refractivity contribution in [3.63, 3.8) is 0 Å². The van der Waals surface area contributed by atoms with Gasteiger partial charge in [0.1, 0.15) is 9.98 Å². The molecule has 0 aliphatic rings. The number of nitrogens with two attached hydrogens (primary N) is 1. The van der Waals surface area contributed by atoms with Gasteiger partial charge in [0, 0.05) is 13.1 Å². The van der Waals surface area contributed by atoms with Gasteiger partial charge in [0.25, 0.3) is 0 Å². The molecule has 0 unspecified atom stereocenters. The number of thiocarbonyl (C=S) groups is 2. The highest BCUT2D eigenvalue weighted by molar-refractivity contribution is 7.89. The van der Waals surface area contributed by atoms with E-state index in [1.807, 2.05) is 0 Å². The van der Waals surface area contributed by atoms with E-state index in [1.54, 1.807) is 0 Å². The lowest BCUT2D eigenvalue weighted by Crippen LogP contribution is -2.38. The Kier molecular flexibility index (Phi) is 6.20. The summed E-state index contributed by atoms with van der Waals surface area (Å²) in [6.45, 7) is 6.13. The molecule has 0 aliphatic heterocycles. The highest BCUT2D eigenvalue weighted by Gasteiger charge is 2.08. The Bertz CT molecular complexity index is 162. The molecule has 0 radical (unpaired) electrons. The highest BCUT2D eigenvalue weighted by atomic mass is 32.1. The first-order valence-corrected chi connectivity index (χ1v) is 5.03. The molecule has 2 N–H and O–H groups in total. The molecule has 0 bridgehead atoms. The van der Waals surface area contributed by atoms with Crippen molar-refractivity contribution < 1.29 is 0 Å². The second-order valence-electron chi connectivity index (χ2n) is 2.66. The predicted molar refractivity (Wildman–Crippen MR) is 61.5 cm³/mol. The van der Waals surface area contributed by atoms with E-state index in [0.29, 0.717) is 9.98 Å². The Balaban J connectivity index is 4.08. The van der Waals surface area contributed by atoms with Gasteiger partial charge in [-0.1, -0.05) is 38.3 Å². The van der Waals surface area contributed by atoms with Crippen LogP contribution in [0.4, 0.5) is 0 Å². The average Bonchev–Trinajstić information content (AvgIpc) is 2.03. The summed E-state index contributed by atoms with van der Waals surface area (Å²) in [6, 6.07) is 0. The van der Waals surface area contributed by atoms with Gasteiger partial charge < -0.3 is 10.6 Å². The van der Waals surface area contributed by atoms with Gasteiger partial charge in [-0.15, -0.1) is 0 Å². The molecule has 0 aromatic carbocycles. The molecule has 0 aromatic rings. The molecule has 0 amide bonds. The number of nitrogens with zero attached hydrogens (tertiary/aromatic N) is 1. The van der Waals surface area contributed by atoms with E-state index < -0.39 is 0 Å². The Labute approximate surface area is 85.1 Å². The van der Waals surface area contributed by atoms with Gasteiger partial charge in [-0.25, -0.2) is 0 Å². The number of hydrogen-bond donors (Lipinski definition) is 1. The summed E-state index contributed by atoms with van der Waals surface area (Å²) >= 11 is 9.91. The van der Waals surface area contributed by atoms with Crippen LogP contribution in [0, 0.1) is 0 Å². The third-order valence-corrected chi connectivity index (χ3v) is 2.29. The van der Waals surface area contributed by atoms with Crippen LogP contribution in [0.3, 0.4) is 0 Å². The largest absolute Gasteiger partial charge is 0.388 e. The van der Waals surface area contributed by atoms with Gasteiger partial charge in [-0.2, -0.15) is 0 Å². The van der Waals surface area contributed by atoms with Gasteiger partial charge in [0.2, 0.25) is 0 Å². The van der Waals surface area contributed by atoms with Crippen molar-refractivity contribution in [1.29, 1.82) is 0 Å². The van der Waals surface area contributed by atoms with Crippen LogP contribution < -0.4 is 5.73 Å². The fraction of sp³-hybridized carbons (Fsp3) is 0.750. The molecule has 12 heavy (non-hydrogen) atoms. The minimum atomic E-state index is 0.340. The molecule has 0 atom stereocenters. The zero-order valence-corrected chi connectivity index (χ0v) is 9.30. The first kappa shape index (κ1) is 11.8. The SMILES string of the molecule is CCCN(CCC)C(=S)C(N)=S. The van der Waals surface area contributed by atoms with Gasteiger partial charge >= 0.3 is 0 Å². The van der Waals surface area contributed by atoms with Crippen LogP contribution in [0.15, 0.2) is 0 Å². The van der Waals surface area contributed by atoms with E-state index in [9.17, 15) is 0 Å². The molecule has 0 spiro atoms. The molecule has 0 rings (SSSR count). The van der Waals surface area contributed by atoms with E-state index in [2.05, 4.69) is 18.7 Å². The Morgan fingerprint density at radius 3 is 1.83 bits per heavy atom. The van der Waals surface area contributed by atoms with Crippen molar-refractivity contribution in [2.75, 3.05) is 13.1 Å². The summed E-state index contributed by atoms with van der Waals surface area (Å²) < 4.78 is 0. The van der Waals surface area contributed by atoms with E-state index in [0.717, 1.165) is 25.9 Å². The summed E-state index contributed by atoms with van der Waals surface area (Å²) in [5.74, 6) is 0. The van der Waals surface area contributed by atoms with E-state index in [-0.39, 0.29) is 0 Å². The highest BCUT2D eigenvalue weighted by Crippen LogP contribution is 1.97. The maximum atomic E-state index is 5.45. The van der Waals surface area contributed by atoms with E-state index in [4.69, 9.17) is 30.2 Å². The summed E-state index contributed by atoms with van der Waals surface area (Å²) in [5, 5.41) is 0. The smallest absolute Gasteiger partial charge is 0.136 e. The molecule has 2 nitrogen and oxygen atoms in total. The third kappa shape index (κ3) is 3.97. The molecule has 0 saturated carbocycles. The summed E-state index contributed by atoms with van der Waals surface area (Å²) in [7, 11) is 0. The van der Waals surface area contributed by atoms with E-state index >= 15 is 0 Å². The number of hydrogen-bond acceptors (Lipinski definition) is 2.